The molecular formula is C12H23ClF3N3O. The van der Waals surface area contributed by atoms with Crippen molar-refractivity contribution in [3.8, 4) is 0 Å². The first-order chi connectivity index (χ1) is 8.74. The zero-order valence-corrected chi connectivity index (χ0v) is 12.6. The molecule has 0 aromatic carbocycles. The molecule has 4 nitrogen and oxygen atoms in total. The van der Waals surface area contributed by atoms with Gasteiger partial charge in [0.05, 0.1) is 12.6 Å². The van der Waals surface area contributed by atoms with Crippen molar-refractivity contribution in [1.82, 2.24) is 9.80 Å². The van der Waals surface area contributed by atoms with Gasteiger partial charge in [-0.25, -0.2) is 0 Å². The Hall–Kier alpha value is -0.530. The van der Waals surface area contributed by atoms with Crippen LogP contribution in [-0.4, -0.2) is 60.1 Å². The number of hydrogen-bond acceptors (Lipinski definition) is 3. The monoisotopic (exact) mass is 317 g/mol. The fourth-order valence-electron chi connectivity index (χ4n) is 2.33. The van der Waals surface area contributed by atoms with E-state index in [9.17, 15) is 18.0 Å². The van der Waals surface area contributed by atoms with Gasteiger partial charge in [0.15, 0.2) is 0 Å². The van der Waals surface area contributed by atoms with Crippen LogP contribution >= 0.6 is 12.4 Å². The Morgan fingerprint density at radius 1 is 1.40 bits per heavy atom. The van der Waals surface area contributed by atoms with Crippen molar-refractivity contribution >= 4 is 18.3 Å². The maximum absolute atomic E-state index is 12.4. The third-order valence-electron chi connectivity index (χ3n) is 3.38. The minimum Gasteiger partial charge on any atom is -0.339 e. The molecule has 2 unspecified atom stereocenters. The molecule has 1 saturated heterocycles. The Bertz CT molecular complexity index is 315. The number of piperazine rings is 1. The Labute approximate surface area is 123 Å². The van der Waals surface area contributed by atoms with Crippen molar-refractivity contribution in [3.63, 3.8) is 0 Å². The normalized spacial score (nSPS) is 22.3. The summed E-state index contributed by atoms with van der Waals surface area (Å²) in [5.74, 6) is -0.152. The van der Waals surface area contributed by atoms with Gasteiger partial charge in [0.1, 0.15) is 0 Å². The molecule has 0 aromatic heterocycles. The van der Waals surface area contributed by atoms with Gasteiger partial charge in [0.2, 0.25) is 5.91 Å². The fourth-order valence-corrected chi connectivity index (χ4v) is 2.33. The number of amides is 1. The predicted octanol–water partition coefficient (Wildman–Crippen LogP) is 1.63. The molecule has 1 aliphatic rings. The molecule has 20 heavy (non-hydrogen) atoms. The first-order valence-electron chi connectivity index (χ1n) is 6.59. The molecule has 8 heteroatoms. The lowest BCUT2D eigenvalue weighted by molar-refractivity contribution is -0.157. The molecule has 0 saturated carbocycles. The van der Waals surface area contributed by atoms with Crippen LogP contribution in [0.3, 0.4) is 0 Å². The van der Waals surface area contributed by atoms with Crippen LogP contribution in [0.25, 0.3) is 0 Å². The predicted molar refractivity (Wildman–Crippen MR) is 73.8 cm³/mol. The summed E-state index contributed by atoms with van der Waals surface area (Å²) in [6, 6.07) is -0.834. The van der Waals surface area contributed by atoms with Crippen LogP contribution in [0.4, 0.5) is 13.2 Å². The van der Waals surface area contributed by atoms with Crippen LogP contribution in [-0.2, 0) is 4.79 Å². The van der Waals surface area contributed by atoms with Crippen molar-refractivity contribution < 1.29 is 18.0 Å². The van der Waals surface area contributed by atoms with E-state index in [1.165, 1.54) is 4.90 Å². The molecule has 2 atom stereocenters. The highest BCUT2D eigenvalue weighted by atomic mass is 35.5. The van der Waals surface area contributed by atoms with Crippen molar-refractivity contribution in [2.75, 3.05) is 26.2 Å². The molecule has 120 valence electrons. The van der Waals surface area contributed by atoms with Gasteiger partial charge in [0, 0.05) is 25.7 Å². The topological polar surface area (TPSA) is 49.6 Å². The molecule has 1 fully saturated rings. The number of alkyl halides is 3. The average molecular weight is 318 g/mol. The van der Waals surface area contributed by atoms with Gasteiger partial charge >= 0.3 is 6.18 Å². The van der Waals surface area contributed by atoms with Crippen LogP contribution in [0.15, 0.2) is 0 Å². The zero-order valence-electron chi connectivity index (χ0n) is 11.8. The minimum atomic E-state index is -4.20. The third-order valence-corrected chi connectivity index (χ3v) is 3.38. The first kappa shape index (κ1) is 19.5. The second-order valence-electron chi connectivity index (χ2n) is 5.11. The minimum absolute atomic E-state index is 0. The van der Waals surface area contributed by atoms with E-state index in [4.69, 9.17) is 5.73 Å². The maximum Gasteiger partial charge on any atom is 0.401 e. The summed E-state index contributed by atoms with van der Waals surface area (Å²) in [5.41, 5.74) is 5.76. The van der Waals surface area contributed by atoms with E-state index in [0.29, 0.717) is 19.5 Å². The maximum atomic E-state index is 12.4. The summed E-state index contributed by atoms with van der Waals surface area (Å²) >= 11 is 0. The quantitative estimate of drug-likeness (QED) is 0.857. The van der Waals surface area contributed by atoms with Crippen LogP contribution in [0.1, 0.15) is 26.7 Å². The number of hydrogen-bond donors (Lipinski definition) is 1. The van der Waals surface area contributed by atoms with Gasteiger partial charge < -0.3 is 10.6 Å². The van der Waals surface area contributed by atoms with Crippen molar-refractivity contribution in [2.24, 2.45) is 5.73 Å². The van der Waals surface area contributed by atoms with Crippen LogP contribution in [0.5, 0.6) is 0 Å². The Morgan fingerprint density at radius 3 is 2.45 bits per heavy atom. The van der Waals surface area contributed by atoms with Gasteiger partial charge in [-0.05, 0) is 13.3 Å². The summed E-state index contributed by atoms with van der Waals surface area (Å²) < 4.78 is 37.1. The lowest BCUT2D eigenvalue weighted by atomic mass is 10.1. The van der Waals surface area contributed by atoms with Crippen molar-refractivity contribution in [3.05, 3.63) is 0 Å². The van der Waals surface area contributed by atoms with Gasteiger partial charge in [-0.1, -0.05) is 13.3 Å². The molecule has 1 amide bonds. The summed E-state index contributed by atoms with van der Waals surface area (Å²) in [5, 5.41) is 0. The number of halogens is 4. The zero-order chi connectivity index (χ0) is 14.6. The summed E-state index contributed by atoms with van der Waals surface area (Å²) in [4.78, 5) is 14.9. The SMILES string of the molecule is CCCC(N)C(=O)N1CCN(CC(F)(F)F)C(C)C1.Cl. The lowest BCUT2D eigenvalue weighted by Crippen LogP contribution is -2.58. The summed E-state index contributed by atoms with van der Waals surface area (Å²) in [6.45, 7) is 3.60. The van der Waals surface area contributed by atoms with Gasteiger partial charge in [-0.2, -0.15) is 13.2 Å². The third kappa shape index (κ3) is 5.85. The molecule has 1 heterocycles. The van der Waals surface area contributed by atoms with Crippen LogP contribution in [0, 0.1) is 0 Å². The molecule has 0 bridgehead atoms. The van der Waals surface area contributed by atoms with E-state index in [1.807, 2.05) is 6.92 Å². The highest BCUT2D eigenvalue weighted by molar-refractivity contribution is 5.85. The van der Waals surface area contributed by atoms with E-state index in [0.717, 1.165) is 6.42 Å². The largest absolute Gasteiger partial charge is 0.401 e. The van der Waals surface area contributed by atoms with Crippen LogP contribution in [0.2, 0.25) is 0 Å². The Kier molecular flexibility index (Phi) is 7.83. The number of carbonyl (C=O) groups is 1. The van der Waals surface area contributed by atoms with E-state index < -0.39 is 18.8 Å². The summed E-state index contributed by atoms with van der Waals surface area (Å²) in [6.07, 6.45) is -2.77. The van der Waals surface area contributed by atoms with Gasteiger partial charge in [0.25, 0.3) is 0 Å². The molecule has 0 aliphatic carbocycles. The Morgan fingerprint density at radius 2 is 2.00 bits per heavy atom. The molecule has 1 aliphatic heterocycles. The molecular weight excluding hydrogens is 295 g/mol. The number of nitrogens with two attached hydrogens (primary N) is 1. The van der Waals surface area contributed by atoms with E-state index >= 15 is 0 Å². The average Bonchev–Trinajstić information content (AvgIpc) is 2.29. The molecule has 0 aromatic rings. The van der Waals surface area contributed by atoms with E-state index in [1.54, 1.807) is 11.8 Å². The number of carbonyl (C=O) groups excluding carboxylic acids is 1. The van der Waals surface area contributed by atoms with Crippen LogP contribution < -0.4 is 5.73 Å². The lowest BCUT2D eigenvalue weighted by Gasteiger charge is -2.40. The summed E-state index contributed by atoms with van der Waals surface area (Å²) in [7, 11) is 0. The second kappa shape index (κ2) is 8.05. The highest BCUT2D eigenvalue weighted by Gasteiger charge is 2.36. The molecule has 2 N–H and O–H groups in total. The highest BCUT2D eigenvalue weighted by Crippen LogP contribution is 2.20. The Balaban J connectivity index is 0.00000361. The number of rotatable bonds is 4. The standard InChI is InChI=1S/C12H22F3N3O.ClH/c1-3-4-10(16)11(19)17-5-6-18(9(2)7-17)8-12(13,14)15;/h9-10H,3-8,16H2,1-2H3;1H. The van der Waals surface area contributed by atoms with E-state index in [-0.39, 0.29) is 30.9 Å². The van der Waals surface area contributed by atoms with Crippen molar-refractivity contribution in [1.29, 1.82) is 0 Å². The molecule has 0 radical (unpaired) electrons. The van der Waals surface area contributed by atoms with Crippen molar-refractivity contribution in [2.45, 2.75) is 44.9 Å². The molecule has 0 spiro atoms. The fraction of sp³-hybridized carbons (Fsp3) is 0.917. The van der Waals surface area contributed by atoms with E-state index in [2.05, 4.69) is 0 Å². The van der Waals surface area contributed by atoms with Gasteiger partial charge in [-0.3, -0.25) is 9.69 Å². The molecule has 1 rings (SSSR count). The first-order valence-corrected chi connectivity index (χ1v) is 6.59. The second-order valence-corrected chi connectivity index (χ2v) is 5.11. The smallest absolute Gasteiger partial charge is 0.339 e. The van der Waals surface area contributed by atoms with Gasteiger partial charge in [-0.15, -0.1) is 12.4 Å². The number of nitrogens with zero attached hydrogens (tertiary/aromatic N) is 2.